The van der Waals surface area contributed by atoms with Crippen LogP contribution in [0.2, 0.25) is 0 Å². The van der Waals surface area contributed by atoms with Crippen molar-refractivity contribution in [3.63, 3.8) is 0 Å². The molecule has 0 fully saturated rings. The van der Waals surface area contributed by atoms with Crippen molar-refractivity contribution in [1.29, 1.82) is 0 Å². The predicted octanol–water partition coefficient (Wildman–Crippen LogP) is 3.73. The summed E-state index contributed by atoms with van der Waals surface area (Å²) in [4.78, 5) is 22.3. The summed E-state index contributed by atoms with van der Waals surface area (Å²) >= 11 is 4.82. The highest BCUT2D eigenvalue weighted by molar-refractivity contribution is 9.10. The number of carboxylic acids is 1. The van der Waals surface area contributed by atoms with Crippen molar-refractivity contribution < 1.29 is 14.8 Å². The number of nitrogens with zero attached hydrogens (tertiary/aromatic N) is 1. The van der Waals surface area contributed by atoms with Crippen molar-refractivity contribution >= 4 is 44.6 Å². The van der Waals surface area contributed by atoms with Crippen LogP contribution in [0.25, 0.3) is 0 Å². The molecule has 1 aromatic heterocycles. The maximum Gasteiger partial charge on any atom is 0.335 e. The van der Waals surface area contributed by atoms with E-state index in [9.17, 15) is 14.9 Å². The third-order valence-electron chi connectivity index (χ3n) is 2.52. The predicted molar refractivity (Wildman–Crippen MR) is 79.4 cm³/mol. The minimum absolute atomic E-state index is 0.00506. The third kappa shape index (κ3) is 3.34. The first-order chi connectivity index (χ1) is 9.47. The number of carbonyl (C=O) groups is 1. The molecule has 2 aromatic rings. The number of rotatable bonds is 5. The Morgan fingerprint density at radius 1 is 1.45 bits per heavy atom. The maximum atomic E-state index is 10.9. The average molecular weight is 357 g/mol. The van der Waals surface area contributed by atoms with Crippen molar-refractivity contribution in [3.05, 3.63) is 54.7 Å². The number of aromatic carboxylic acids is 1. The van der Waals surface area contributed by atoms with E-state index in [1.165, 1.54) is 29.5 Å². The fourth-order valence-corrected chi connectivity index (χ4v) is 2.99. The van der Waals surface area contributed by atoms with Crippen LogP contribution >= 0.6 is 27.3 Å². The van der Waals surface area contributed by atoms with E-state index in [0.717, 1.165) is 9.35 Å². The van der Waals surface area contributed by atoms with Gasteiger partial charge in [0.1, 0.15) is 5.69 Å². The quantitative estimate of drug-likeness (QED) is 0.628. The van der Waals surface area contributed by atoms with E-state index in [2.05, 4.69) is 21.2 Å². The van der Waals surface area contributed by atoms with Crippen LogP contribution in [0.15, 0.2) is 34.1 Å². The second kappa shape index (κ2) is 6.02. The summed E-state index contributed by atoms with van der Waals surface area (Å²) in [5.74, 6) is -1.12. The number of hydrogen-bond donors (Lipinski definition) is 2. The Balaban J connectivity index is 2.25. The molecule has 0 saturated heterocycles. The molecule has 0 bridgehead atoms. The van der Waals surface area contributed by atoms with E-state index in [0.29, 0.717) is 6.54 Å². The molecular weight excluding hydrogens is 348 g/mol. The monoisotopic (exact) mass is 356 g/mol. The molecule has 8 heteroatoms. The first kappa shape index (κ1) is 14.5. The van der Waals surface area contributed by atoms with Crippen LogP contribution in [0.3, 0.4) is 0 Å². The summed E-state index contributed by atoms with van der Waals surface area (Å²) in [6, 6.07) is 5.57. The Kier molecular flexibility index (Phi) is 4.35. The fraction of sp³-hybridized carbons (Fsp3) is 0.0833. The third-order valence-corrected chi connectivity index (χ3v) is 4.21. The van der Waals surface area contributed by atoms with Gasteiger partial charge in [0.25, 0.3) is 5.69 Å². The van der Waals surface area contributed by atoms with Crippen molar-refractivity contribution in [3.8, 4) is 0 Å². The lowest BCUT2D eigenvalue weighted by Crippen LogP contribution is -2.04. The number of carboxylic acid groups (broad SMARTS) is 1. The van der Waals surface area contributed by atoms with Gasteiger partial charge in [-0.2, -0.15) is 0 Å². The van der Waals surface area contributed by atoms with Crippen LogP contribution in [0, 0.1) is 10.1 Å². The number of nitrogens with one attached hydrogen (secondary N) is 1. The van der Waals surface area contributed by atoms with Gasteiger partial charge >= 0.3 is 5.97 Å². The molecule has 0 aliphatic rings. The maximum absolute atomic E-state index is 10.9. The van der Waals surface area contributed by atoms with Gasteiger partial charge in [0, 0.05) is 27.3 Å². The van der Waals surface area contributed by atoms with Gasteiger partial charge in [0.05, 0.1) is 10.5 Å². The van der Waals surface area contributed by atoms with E-state index in [1.807, 2.05) is 11.4 Å². The molecule has 1 heterocycles. The van der Waals surface area contributed by atoms with Crippen molar-refractivity contribution in [2.45, 2.75) is 6.54 Å². The highest BCUT2D eigenvalue weighted by Gasteiger charge is 2.16. The molecule has 0 radical (unpaired) electrons. The zero-order valence-corrected chi connectivity index (χ0v) is 12.4. The Bertz CT molecular complexity index is 671. The van der Waals surface area contributed by atoms with Crippen LogP contribution < -0.4 is 5.32 Å². The van der Waals surface area contributed by atoms with Gasteiger partial charge in [0.2, 0.25) is 0 Å². The minimum atomic E-state index is -1.12. The SMILES string of the molecule is O=C(O)c1ccc([N+](=O)[O-])c(NCc2cc(Br)cs2)c1. The molecule has 2 rings (SSSR count). The molecule has 0 aliphatic carbocycles. The highest BCUT2D eigenvalue weighted by Crippen LogP contribution is 2.27. The number of thiophene rings is 1. The lowest BCUT2D eigenvalue weighted by Gasteiger charge is -2.06. The van der Waals surface area contributed by atoms with E-state index >= 15 is 0 Å². The van der Waals surface area contributed by atoms with Gasteiger partial charge in [-0.25, -0.2) is 4.79 Å². The van der Waals surface area contributed by atoms with Gasteiger partial charge in [-0.05, 0) is 34.1 Å². The Labute approximate surface area is 126 Å². The summed E-state index contributed by atoms with van der Waals surface area (Å²) in [7, 11) is 0. The molecule has 20 heavy (non-hydrogen) atoms. The Morgan fingerprint density at radius 3 is 2.75 bits per heavy atom. The summed E-state index contributed by atoms with van der Waals surface area (Å²) in [6.45, 7) is 0.389. The number of benzene rings is 1. The molecule has 0 amide bonds. The van der Waals surface area contributed by atoms with Gasteiger partial charge < -0.3 is 10.4 Å². The van der Waals surface area contributed by atoms with E-state index in [-0.39, 0.29) is 16.9 Å². The number of anilines is 1. The molecular formula is C12H9BrN2O4S. The first-order valence-electron chi connectivity index (χ1n) is 5.46. The molecule has 0 unspecified atom stereocenters. The summed E-state index contributed by atoms with van der Waals surface area (Å²) in [5.41, 5.74) is 0.0514. The molecule has 0 saturated carbocycles. The molecule has 2 N–H and O–H groups in total. The normalized spacial score (nSPS) is 10.2. The molecule has 0 atom stereocenters. The largest absolute Gasteiger partial charge is 0.478 e. The zero-order chi connectivity index (χ0) is 14.7. The molecule has 6 nitrogen and oxygen atoms in total. The minimum Gasteiger partial charge on any atom is -0.478 e. The van der Waals surface area contributed by atoms with E-state index in [1.54, 1.807) is 0 Å². The topological polar surface area (TPSA) is 92.5 Å². The molecule has 0 aliphatic heterocycles. The van der Waals surface area contributed by atoms with Gasteiger partial charge in [0.15, 0.2) is 0 Å². The number of halogens is 1. The number of hydrogen-bond acceptors (Lipinski definition) is 5. The fourth-order valence-electron chi connectivity index (χ4n) is 1.60. The van der Waals surface area contributed by atoms with Gasteiger partial charge in [-0.1, -0.05) is 0 Å². The number of nitro groups is 1. The van der Waals surface area contributed by atoms with Crippen molar-refractivity contribution in [2.75, 3.05) is 5.32 Å². The summed E-state index contributed by atoms with van der Waals surface area (Å²) < 4.78 is 0.938. The highest BCUT2D eigenvalue weighted by atomic mass is 79.9. The van der Waals surface area contributed by atoms with Gasteiger partial charge in [-0.15, -0.1) is 11.3 Å². The van der Waals surface area contributed by atoms with Crippen LogP contribution in [-0.2, 0) is 6.54 Å². The van der Waals surface area contributed by atoms with Crippen LogP contribution in [0.4, 0.5) is 11.4 Å². The van der Waals surface area contributed by atoms with Crippen molar-refractivity contribution in [1.82, 2.24) is 0 Å². The summed E-state index contributed by atoms with van der Waals surface area (Å²) in [5, 5.41) is 24.7. The molecule has 104 valence electrons. The Morgan fingerprint density at radius 2 is 2.20 bits per heavy atom. The van der Waals surface area contributed by atoms with E-state index in [4.69, 9.17) is 5.11 Å². The second-order valence-electron chi connectivity index (χ2n) is 3.88. The zero-order valence-electron chi connectivity index (χ0n) is 10.00. The smallest absolute Gasteiger partial charge is 0.335 e. The first-order valence-corrected chi connectivity index (χ1v) is 7.13. The second-order valence-corrected chi connectivity index (χ2v) is 5.79. The van der Waals surface area contributed by atoms with Crippen LogP contribution in [0.1, 0.15) is 15.2 Å². The van der Waals surface area contributed by atoms with Crippen molar-refractivity contribution in [2.24, 2.45) is 0 Å². The van der Waals surface area contributed by atoms with Gasteiger partial charge in [-0.3, -0.25) is 10.1 Å². The standard InChI is InChI=1S/C12H9BrN2O4S/c13-8-4-9(20-6-8)5-14-10-3-7(12(16)17)1-2-11(10)15(18)19/h1-4,6,14H,5H2,(H,16,17). The lowest BCUT2D eigenvalue weighted by molar-refractivity contribution is -0.384. The Hall–Kier alpha value is -1.93. The average Bonchev–Trinajstić information content (AvgIpc) is 2.81. The molecule has 1 aromatic carbocycles. The molecule has 0 spiro atoms. The van der Waals surface area contributed by atoms with Crippen LogP contribution in [0.5, 0.6) is 0 Å². The van der Waals surface area contributed by atoms with Crippen LogP contribution in [-0.4, -0.2) is 16.0 Å². The number of nitro benzene ring substituents is 1. The lowest BCUT2D eigenvalue weighted by atomic mass is 10.1. The van der Waals surface area contributed by atoms with E-state index < -0.39 is 10.9 Å². The summed E-state index contributed by atoms with van der Waals surface area (Å²) in [6.07, 6.45) is 0.